The maximum atomic E-state index is 11.9. The molecule has 0 radical (unpaired) electrons. The Kier molecular flexibility index (Phi) is 5.11. The molecule has 0 aliphatic rings. The SMILES string of the molecule is CCC(C)NC(=O)c1coc(C(N)Cc2ccccc2)n1. The Morgan fingerprint density at radius 2 is 2.10 bits per heavy atom. The minimum atomic E-state index is -0.363. The molecule has 1 amide bonds. The first kappa shape index (κ1) is 15.3. The van der Waals surface area contributed by atoms with E-state index in [2.05, 4.69) is 10.3 Å². The molecule has 21 heavy (non-hydrogen) atoms. The van der Waals surface area contributed by atoms with Crippen molar-refractivity contribution in [3.63, 3.8) is 0 Å². The summed E-state index contributed by atoms with van der Waals surface area (Å²) in [7, 11) is 0. The standard InChI is InChI=1S/C16H21N3O2/c1-3-11(2)18-15(20)14-10-21-16(19-14)13(17)9-12-7-5-4-6-8-12/h4-8,10-11,13H,3,9,17H2,1-2H3,(H,18,20). The largest absolute Gasteiger partial charge is 0.446 e. The Bertz CT molecular complexity index is 580. The molecule has 3 N–H and O–H groups in total. The molecule has 0 aliphatic carbocycles. The van der Waals surface area contributed by atoms with Gasteiger partial charge in [-0.3, -0.25) is 4.79 Å². The van der Waals surface area contributed by atoms with E-state index in [0.717, 1.165) is 12.0 Å². The Balaban J connectivity index is 2.00. The summed E-state index contributed by atoms with van der Waals surface area (Å²) in [6.45, 7) is 3.95. The monoisotopic (exact) mass is 287 g/mol. The lowest BCUT2D eigenvalue weighted by molar-refractivity contribution is 0.0934. The van der Waals surface area contributed by atoms with Gasteiger partial charge in [-0.1, -0.05) is 37.3 Å². The highest BCUT2D eigenvalue weighted by molar-refractivity contribution is 5.92. The van der Waals surface area contributed by atoms with Crippen LogP contribution in [0.25, 0.3) is 0 Å². The number of hydrogen-bond donors (Lipinski definition) is 2. The van der Waals surface area contributed by atoms with Crippen LogP contribution in [-0.4, -0.2) is 16.9 Å². The summed E-state index contributed by atoms with van der Waals surface area (Å²) in [5.41, 5.74) is 7.46. The van der Waals surface area contributed by atoms with Gasteiger partial charge in [0.1, 0.15) is 6.26 Å². The number of carbonyl (C=O) groups excluding carboxylic acids is 1. The molecule has 5 heteroatoms. The first-order chi connectivity index (χ1) is 10.1. The number of benzene rings is 1. The van der Waals surface area contributed by atoms with E-state index in [1.165, 1.54) is 6.26 Å². The number of hydrogen-bond acceptors (Lipinski definition) is 4. The molecule has 0 fully saturated rings. The Labute approximate surface area is 124 Å². The zero-order valence-electron chi connectivity index (χ0n) is 12.4. The number of nitrogens with zero attached hydrogens (tertiary/aromatic N) is 1. The van der Waals surface area contributed by atoms with Gasteiger partial charge in [-0.15, -0.1) is 0 Å². The summed E-state index contributed by atoms with van der Waals surface area (Å²) in [5.74, 6) is 0.152. The van der Waals surface area contributed by atoms with Crippen molar-refractivity contribution < 1.29 is 9.21 Å². The van der Waals surface area contributed by atoms with Gasteiger partial charge in [0.15, 0.2) is 5.69 Å². The molecule has 2 unspecified atom stereocenters. The van der Waals surface area contributed by atoms with Crippen LogP contribution >= 0.6 is 0 Å². The van der Waals surface area contributed by atoms with Gasteiger partial charge in [-0.2, -0.15) is 0 Å². The molecule has 2 aromatic rings. The van der Waals surface area contributed by atoms with Crippen molar-refractivity contribution in [2.24, 2.45) is 5.73 Å². The van der Waals surface area contributed by atoms with Gasteiger partial charge < -0.3 is 15.5 Å². The van der Waals surface area contributed by atoms with E-state index in [0.29, 0.717) is 12.3 Å². The number of oxazole rings is 1. The molecule has 0 bridgehead atoms. The van der Waals surface area contributed by atoms with Crippen LogP contribution < -0.4 is 11.1 Å². The van der Waals surface area contributed by atoms with Gasteiger partial charge in [0.2, 0.25) is 5.89 Å². The molecular formula is C16H21N3O2. The Morgan fingerprint density at radius 3 is 2.76 bits per heavy atom. The quantitative estimate of drug-likeness (QED) is 0.855. The predicted octanol–water partition coefficient (Wildman–Crippen LogP) is 2.45. The minimum Gasteiger partial charge on any atom is -0.446 e. The second-order valence-corrected chi connectivity index (χ2v) is 5.15. The summed E-state index contributed by atoms with van der Waals surface area (Å²) in [5, 5.41) is 2.85. The van der Waals surface area contributed by atoms with Crippen LogP contribution in [0.5, 0.6) is 0 Å². The second-order valence-electron chi connectivity index (χ2n) is 5.15. The van der Waals surface area contributed by atoms with Crippen molar-refractivity contribution in [1.29, 1.82) is 0 Å². The highest BCUT2D eigenvalue weighted by Crippen LogP contribution is 2.15. The van der Waals surface area contributed by atoms with Crippen LogP contribution in [0.2, 0.25) is 0 Å². The van der Waals surface area contributed by atoms with Crippen LogP contribution in [0.15, 0.2) is 41.0 Å². The van der Waals surface area contributed by atoms with E-state index in [4.69, 9.17) is 10.2 Å². The zero-order chi connectivity index (χ0) is 15.2. The van der Waals surface area contributed by atoms with E-state index < -0.39 is 0 Å². The highest BCUT2D eigenvalue weighted by Gasteiger charge is 2.18. The summed E-state index contributed by atoms with van der Waals surface area (Å²) in [6.07, 6.45) is 2.84. The normalized spacial score (nSPS) is 13.7. The molecule has 0 aliphatic heterocycles. The summed E-state index contributed by atoms with van der Waals surface area (Å²) >= 11 is 0. The number of nitrogens with two attached hydrogens (primary N) is 1. The van der Waals surface area contributed by atoms with Gasteiger partial charge in [0, 0.05) is 6.04 Å². The lowest BCUT2D eigenvalue weighted by Gasteiger charge is -2.09. The van der Waals surface area contributed by atoms with Crippen LogP contribution in [-0.2, 0) is 6.42 Å². The smallest absolute Gasteiger partial charge is 0.273 e. The average Bonchev–Trinajstić information content (AvgIpc) is 2.98. The van der Waals surface area contributed by atoms with Crippen molar-refractivity contribution in [3.8, 4) is 0 Å². The Hall–Kier alpha value is -2.14. The van der Waals surface area contributed by atoms with E-state index in [9.17, 15) is 4.79 Å². The van der Waals surface area contributed by atoms with E-state index in [-0.39, 0.29) is 23.7 Å². The number of nitrogens with one attached hydrogen (secondary N) is 1. The number of amides is 1. The fraction of sp³-hybridized carbons (Fsp3) is 0.375. The van der Waals surface area contributed by atoms with Crippen molar-refractivity contribution in [2.75, 3.05) is 0 Å². The van der Waals surface area contributed by atoms with E-state index >= 15 is 0 Å². The maximum Gasteiger partial charge on any atom is 0.273 e. The molecular weight excluding hydrogens is 266 g/mol. The first-order valence-corrected chi connectivity index (χ1v) is 7.16. The molecule has 0 spiro atoms. The summed E-state index contributed by atoms with van der Waals surface area (Å²) < 4.78 is 5.34. The van der Waals surface area contributed by atoms with Crippen molar-refractivity contribution in [3.05, 3.63) is 53.7 Å². The molecule has 2 rings (SSSR count). The van der Waals surface area contributed by atoms with Crippen LogP contribution in [0.3, 0.4) is 0 Å². The van der Waals surface area contributed by atoms with Crippen molar-refractivity contribution in [1.82, 2.24) is 10.3 Å². The topological polar surface area (TPSA) is 81.2 Å². The van der Waals surface area contributed by atoms with Gasteiger partial charge in [-0.25, -0.2) is 4.98 Å². The van der Waals surface area contributed by atoms with Gasteiger partial charge in [-0.05, 0) is 25.3 Å². The molecule has 1 aromatic carbocycles. The molecule has 1 heterocycles. The molecule has 0 saturated heterocycles. The third-order valence-electron chi connectivity index (χ3n) is 3.36. The molecule has 112 valence electrons. The first-order valence-electron chi connectivity index (χ1n) is 7.16. The Morgan fingerprint density at radius 1 is 1.38 bits per heavy atom. The van der Waals surface area contributed by atoms with Gasteiger partial charge >= 0.3 is 0 Å². The van der Waals surface area contributed by atoms with Crippen LogP contribution in [0.4, 0.5) is 0 Å². The molecule has 5 nitrogen and oxygen atoms in total. The molecule has 2 atom stereocenters. The molecule has 1 aromatic heterocycles. The number of rotatable bonds is 6. The maximum absolute atomic E-state index is 11.9. The van der Waals surface area contributed by atoms with Crippen molar-refractivity contribution >= 4 is 5.91 Å². The zero-order valence-corrected chi connectivity index (χ0v) is 12.4. The number of aromatic nitrogens is 1. The van der Waals surface area contributed by atoms with Crippen molar-refractivity contribution in [2.45, 2.75) is 38.8 Å². The predicted molar refractivity (Wildman–Crippen MR) is 80.8 cm³/mol. The third kappa shape index (κ3) is 4.16. The summed E-state index contributed by atoms with van der Waals surface area (Å²) in [4.78, 5) is 16.1. The third-order valence-corrected chi connectivity index (χ3v) is 3.36. The van der Waals surface area contributed by atoms with E-state index in [1.54, 1.807) is 0 Å². The lowest BCUT2D eigenvalue weighted by atomic mass is 10.1. The minimum absolute atomic E-state index is 0.107. The average molecular weight is 287 g/mol. The number of carbonyl (C=O) groups is 1. The lowest BCUT2D eigenvalue weighted by Crippen LogP contribution is -2.32. The highest BCUT2D eigenvalue weighted by atomic mass is 16.3. The van der Waals surface area contributed by atoms with Gasteiger partial charge in [0.05, 0.1) is 6.04 Å². The van der Waals surface area contributed by atoms with E-state index in [1.807, 2.05) is 44.2 Å². The fourth-order valence-electron chi connectivity index (χ4n) is 1.92. The summed E-state index contributed by atoms with van der Waals surface area (Å²) in [6, 6.07) is 9.62. The second kappa shape index (κ2) is 7.04. The van der Waals surface area contributed by atoms with Crippen LogP contribution in [0.1, 0.15) is 48.3 Å². The fourth-order valence-corrected chi connectivity index (χ4v) is 1.92. The molecule has 0 saturated carbocycles. The van der Waals surface area contributed by atoms with Gasteiger partial charge in [0.25, 0.3) is 5.91 Å². The van der Waals surface area contributed by atoms with Crippen LogP contribution in [0, 0.1) is 0 Å².